The van der Waals surface area contributed by atoms with Gasteiger partial charge in [0.1, 0.15) is 9.92 Å². The first-order chi connectivity index (χ1) is 15.1. The molecule has 0 atom stereocenters. The number of furan rings is 1. The number of aromatic nitrogens is 1. The number of carbonyl (C=O) groups is 1. The summed E-state index contributed by atoms with van der Waals surface area (Å²) in [5, 5.41) is 5.99. The Kier molecular flexibility index (Phi) is 7.06. The van der Waals surface area contributed by atoms with Crippen LogP contribution in [-0.2, 0) is 23.6 Å². The quantitative estimate of drug-likeness (QED) is 0.318. The van der Waals surface area contributed by atoms with Crippen LogP contribution in [0.15, 0.2) is 62.7 Å². The minimum Gasteiger partial charge on any atom is -0.451 e. The molecule has 31 heavy (non-hydrogen) atoms. The highest BCUT2D eigenvalue weighted by Gasteiger charge is 2.21. The number of hydrogen-bond acceptors (Lipinski definition) is 6. The van der Waals surface area contributed by atoms with Gasteiger partial charge in [0.05, 0.1) is 6.61 Å². The number of carbonyl (C=O) groups excluding carboxylic acids is 1. The van der Waals surface area contributed by atoms with Crippen LogP contribution < -0.4 is 5.32 Å². The van der Waals surface area contributed by atoms with Gasteiger partial charge in [-0.15, -0.1) is 11.3 Å². The van der Waals surface area contributed by atoms with Crippen LogP contribution >= 0.6 is 23.1 Å². The number of nitrogens with one attached hydrogen (secondary N) is 1. The molecule has 0 aliphatic heterocycles. The Hall–Kier alpha value is -2.61. The molecule has 5 nitrogen and oxygen atoms in total. The van der Waals surface area contributed by atoms with E-state index in [1.807, 2.05) is 67.8 Å². The lowest BCUT2D eigenvalue weighted by atomic mass is 10.1. The molecule has 0 bridgehead atoms. The zero-order valence-corrected chi connectivity index (χ0v) is 19.1. The highest BCUT2D eigenvalue weighted by Crippen LogP contribution is 2.33. The number of fused-ring (bicyclic) bond motifs is 1. The Morgan fingerprint density at radius 2 is 1.94 bits per heavy atom. The Balaban J connectivity index is 1.47. The maximum atomic E-state index is 13.0. The number of thioether (sulfide) groups is 1. The largest absolute Gasteiger partial charge is 0.451 e. The molecule has 0 radical (unpaired) electrons. The van der Waals surface area contributed by atoms with Gasteiger partial charge in [0.15, 0.2) is 5.76 Å². The summed E-state index contributed by atoms with van der Waals surface area (Å²) >= 11 is 3.24. The van der Waals surface area contributed by atoms with Crippen LogP contribution in [0.4, 0.5) is 0 Å². The van der Waals surface area contributed by atoms with Crippen molar-refractivity contribution in [3.63, 3.8) is 0 Å². The summed E-state index contributed by atoms with van der Waals surface area (Å²) in [6.45, 7) is 5.69. The number of aryl methyl sites for hydroxylation is 1. The van der Waals surface area contributed by atoms with Gasteiger partial charge in [-0.3, -0.25) is 4.79 Å². The van der Waals surface area contributed by atoms with E-state index in [2.05, 4.69) is 10.3 Å². The predicted molar refractivity (Wildman–Crippen MR) is 126 cm³/mol. The molecule has 7 heteroatoms. The van der Waals surface area contributed by atoms with E-state index >= 15 is 0 Å². The number of hydrogen-bond donors (Lipinski definition) is 1. The van der Waals surface area contributed by atoms with Crippen LogP contribution in [-0.4, -0.2) is 17.5 Å². The van der Waals surface area contributed by atoms with Gasteiger partial charge in [-0.2, -0.15) is 0 Å². The van der Waals surface area contributed by atoms with Crippen molar-refractivity contribution in [3.05, 3.63) is 82.1 Å². The Morgan fingerprint density at radius 3 is 2.68 bits per heavy atom. The fraction of sp³-hybridized carbons (Fsp3) is 0.250. The highest BCUT2D eigenvalue weighted by molar-refractivity contribution is 8.00. The molecule has 160 valence electrons. The van der Waals surface area contributed by atoms with Gasteiger partial charge in [-0.25, -0.2) is 4.98 Å². The van der Waals surface area contributed by atoms with Gasteiger partial charge < -0.3 is 14.5 Å². The standard InChI is InChI=1S/C24H24N2O3S2/c1-3-28-13-18-10-8-17(9-11-18)12-25-23(27)22-20(15-31-24-26-16(2)14-30-24)19-6-4-5-7-21(19)29-22/h4-11,14H,3,12-13,15H2,1-2H3,(H,25,27). The summed E-state index contributed by atoms with van der Waals surface area (Å²) in [6, 6.07) is 15.8. The summed E-state index contributed by atoms with van der Waals surface area (Å²) in [5.74, 6) is 0.786. The minimum atomic E-state index is -0.208. The lowest BCUT2D eigenvalue weighted by Gasteiger charge is -2.07. The third kappa shape index (κ3) is 5.36. The van der Waals surface area contributed by atoms with Crippen molar-refractivity contribution in [3.8, 4) is 0 Å². The van der Waals surface area contributed by atoms with Gasteiger partial charge in [0.25, 0.3) is 5.91 Å². The number of thiazole rings is 1. The molecule has 2 aromatic heterocycles. The second-order valence-corrected chi connectivity index (χ2v) is 9.17. The summed E-state index contributed by atoms with van der Waals surface area (Å²) in [4.78, 5) is 17.5. The third-order valence-corrected chi connectivity index (χ3v) is 6.96. The summed E-state index contributed by atoms with van der Waals surface area (Å²) < 4.78 is 12.4. The van der Waals surface area contributed by atoms with E-state index in [9.17, 15) is 4.79 Å². The molecule has 0 spiro atoms. The molecule has 2 heterocycles. The molecule has 4 aromatic rings. The molecule has 0 fully saturated rings. The predicted octanol–water partition coefficient (Wildman–Crippen LogP) is 5.96. The zero-order chi connectivity index (χ0) is 21.6. The summed E-state index contributed by atoms with van der Waals surface area (Å²) in [5.41, 5.74) is 4.77. The molecule has 2 aromatic carbocycles. The third-order valence-electron chi connectivity index (χ3n) is 4.79. The number of rotatable bonds is 9. The van der Waals surface area contributed by atoms with E-state index in [1.165, 1.54) is 0 Å². The van der Waals surface area contributed by atoms with Gasteiger partial charge in [0, 0.05) is 40.9 Å². The number of nitrogens with zero attached hydrogens (tertiary/aromatic N) is 1. The SMILES string of the molecule is CCOCc1ccc(CNC(=O)c2oc3ccccc3c2CSc2nc(C)cs2)cc1. The molecule has 4 rings (SSSR count). The van der Waals surface area contributed by atoms with Crippen molar-refractivity contribution in [2.45, 2.75) is 37.1 Å². The van der Waals surface area contributed by atoms with Crippen molar-refractivity contribution in [2.75, 3.05) is 6.61 Å². The molecule has 0 unspecified atom stereocenters. The zero-order valence-electron chi connectivity index (χ0n) is 17.5. The van der Waals surface area contributed by atoms with Crippen molar-refractivity contribution in [1.82, 2.24) is 10.3 Å². The lowest BCUT2D eigenvalue weighted by molar-refractivity contribution is 0.0924. The van der Waals surface area contributed by atoms with Crippen LogP contribution in [0.5, 0.6) is 0 Å². The van der Waals surface area contributed by atoms with Crippen LogP contribution in [0.1, 0.15) is 39.9 Å². The first-order valence-electron chi connectivity index (χ1n) is 10.1. The van der Waals surface area contributed by atoms with Gasteiger partial charge >= 0.3 is 0 Å². The second-order valence-electron chi connectivity index (χ2n) is 7.09. The van der Waals surface area contributed by atoms with Crippen LogP contribution in [0, 0.1) is 6.92 Å². The van der Waals surface area contributed by atoms with Crippen molar-refractivity contribution in [2.24, 2.45) is 0 Å². The second kappa shape index (κ2) is 10.1. The van der Waals surface area contributed by atoms with Crippen LogP contribution in [0.25, 0.3) is 11.0 Å². The lowest BCUT2D eigenvalue weighted by Crippen LogP contribution is -2.23. The Bertz CT molecular complexity index is 1170. The highest BCUT2D eigenvalue weighted by atomic mass is 32.2. The topological polar surface area (TPSA) is 64.4 Å². The maximum absolute atomic E-state index is 13.0. The molecule has 0 aliphatic rings. The molecular formula is C24H24N2O3S2. The maximum Gasteiger partial charge on any atom is 0.287 e. The minimum absolute atomic E-state index is 0.208. The fourth-order valence-corrected chi connectivity index (χ4v) is 5.07. The fourth-order valence-electron chi connectivity index (χ4n) is 3.19. The Labute approximate surface area is 189 Å². The average molecular weight is 453 g/mol. The van der Waals surface area contributed by atoms with Crippen LogP contribution in [0.2, 0.25) is 0 Å². The van der Waals surface area contributed by atoms with Gasteiger partial charge in [-0.1, -0.05) is 54.2 Å². The van der Waals surface area contributed by atoms with Crippen molar-refractivity contribution >= 4 is 40.0 Å². The van der Waals surface area contributed by atoms with Gasteiger partial charge in [0.2, 0.25) is 0 Å². The normalized spacial score (nSPS) is 11.2. The number of ether oxygens (including phenoxy) is 1. The van der Waals surface area contributed by atoms with E-state index in [4.69, 9.17) is 9.15 Å². The molecule has 0 aliphatic carbocycles. The molecule has 0 saturated heterocycles. The number of benzene rings is 2. The summed E-state index contributed by atoms with van der Waals surface area (Å²) in [7, 11) is 0. The number of para-hydroxylation sites is 1. The first-order valence-corrected chi connectivity index (χ1v) is 12.0. The van der Waals surface area contributed by atoms with Crippen molar-refractivity contribution in [1.29, 1.82) is 0 Å². The average Bonchev–Trinajstić information content (AvgIpc) is 3.38. The van der Waals surface area contributed by atoms with E-state index < -0.39 is 0 Å². The Morgan fingerprint density at radius 1 is 1.16 bits per heavy atom. The molecular weight excluding hydrogens is 428 g/mol. The first kappa shape index (κ1) is 21.6. The van der Waals surface area contributed by atoms with Crippen LogP contribution in [0.3, 0.4) is 0 Å². The van der Waals surface area contributed by atoms with Gasteiger partial charge in [-0.05, 0) is 31.0 Å². The molecule has 1 N–H and O–H groups in total. The van der Waals surface area contributed by atoms with E-state index in [0.29, 0.717) is 31.3 Å². The van der Waals surface area contributed by atoms with Crippen molar-refractivity contribution < 1.29 is 13.9 Å². The smallest absolute Gasteiger partial charge is 0.287 e. The summed E-state index contributed by atoms with van der Waals surface area (Å²) in [6.07, 6.45) is 0. The van der Waals surface area contributed by atoms with E-state index in [1.54, 1.807) is 23.1 Å². The number of amides is 1. The monoisotopic (exact) mass is 452 g/mol. The van der Waals surface area contributed by atoms with E-state index in [0.717, 1.165) is 37.7 Å². The molecule has 1 amide bonds. The molecule has 0 saturated carbocycles. The van der Waals surface area contributed by atoms with E-state index in [-0.39, 0.29) is 5.91 Å².